The molecule has 1 aromatic rings. The summed E-state index contributed by atoms with van der Waals surface area (Å²) >= 11 is 6.00. The van der Waals surface area contributed by atoms with Crippen LogP contribution in [0.3, 0.4) is 0 Å². The predicted molar refractivity (Wildman–Crippen MR) is 114 cm³/mol. The van der Waals surface area contributed by atoms with Crippen LogP contribution >= 0.6 is 11.6 Å². The standard InChI is InChI=1S/C20H32BClN2O5/c1-13-11-14(22)7-8-16(13)27-10-9-17(24-18(25)15(23)12-26-6)21-28-19(2,3)20(4,5)29-21/h7-8,11,15,17H,9-10,12,23H2,1-6H3,(H,24,25)/t15-,17+/m1/s1. The number of ether oxygens (including phenoxy) is 2. The molecule has 0 aromatic heterocycles. The number of benzene rings is 1. The highest BCUT2D eigenvalue weighted by Crippen LogP contribution is 2.37. The van der Waals surface area contributed by atoms with E-state index in [1.807, 2.05) is 46.8 Å². The minimum absolute atomic E-state index is 0.127. The van der Waals surface area contributed by atoms with E-state index in [0.29, 0.717) is 18.1 Å². The number of carbonyl (C=O) groups excluding carboxylic acids is 1. The molecule has 0 aliphatic carbocycles. The summed E-state index contributed by atoms with van der Waals surface area (Å²) in [6.45, 7) is 10.3. The molecule has 1 heterocycles. The lowest BCUT2D eigenvalue weighted by Crippen LogP contribution is -2.54. The number of nitrogens with one attached hydrogen (secondary N) is 1. The number of halogens is 1. The molecule has 2 atom stereocenters. The number of methoxy groups -OCH3 is 1. The molecule has 162 valence electrons. The maximum absolute atomic E-state index is 12.5. The van der Waals surface area contributed by atoms with Crippen molar-refractivity contribution in [3.05, 3.63) is 28.8 Å². The maximum atomic E-state index is 12.5. The van der Waals surface area contributed by atoms with Gasteiger partial charge in [-0.15, -0.1) is 0 Å². The van der Waals surface area contributed by atoms with E-state index in [-0.39, 0.29) is 12.5 Å². The molecule has 1 amide bonds. The predicted octanol–water partition coefficient (Wildman–Crippen LogP) is 2.51. The van der Waals surface area contributed by atoms with Crippen LogP contribution in [0.5, 0.6) is 5.75 Å². The molecule has 1 aromatic carbocycles. The monoisotopic (exact) mass is 426 g/mol. The first-order valence-electron chi connectivity index (χ1n) is 9.76. The summed E-state index contributed by atoms with van der Waals surface area (Å²) in [4.78, 5) is 12.5. The third-order valence-electron chi connectivity index (χ3n) is 5.43. The van der Waals surface area contributed by atoms with E-state index in [0.717, 1.165) is 11.3 Å². The molecule has 0 saturated carbocycles. The molecule has 1 saturated heterocycles. The molecule has 0 bridgehead atoms. The Labute approximate surface area is 178 Å². The number of aryl methyl sites for hydroxylation is 1. The summed E-state index contributed by atoms with van der Waals surface area (Å²) in [5.74, 6) is -0.0159. The second kappa shape index (κ2) is 9.66. The highest BCUT2D eigenvalue weighted by Gasteiger charge is 2.54. The van der Waals surface area contributed by atoms with Gasteiger partial charge in [0.05, 0.1) is 30.4 Å². The van der Waals surface area contributed by atoms with Crippen molar-refractivity contribution in [3.8, 4) is 5.75 Å². The van der Waals surface area contributed by atoms with Gasteiger partial charge in [-0.2, -0.15) is 0 Å². The fraction of sp³-hybridized carbons (Fsp3) is 0.650. The van der Waals surface area contributed by atoms with Gasteiger partial charge in [-0.1, -0.05) is 11.6 Å². The third kappa shape index (κ3) is 6.09. The molecule has 7 nitrogen and oxygen atoms in total. The van der Waals surface area contributed by atoms with Crippen LogP contribution in [-0.2, 0) is 18.8 Å². The Hall–Kier alpha value is -1.32. The molecule has 2 rings (SSSR count). The highest BCUT2D eigenvalue weighted by atomic mass is 35.5. The van der Waals surface area contributed by atoms with Crippen LogP contribution in [0.25, 0.3) is 0 Å². The van der Waals surface area contributed by atoms with Gasteiger partial charge < -0.3 is 29.8 Å². The lowest BCUT2D eigenvalue weighted by molar-refractivity contribution is -0.123. The van der Waals surface area contributed by atoms with Gasteiger partial charge in [-0.25, -0.2) is 0 Å². The summed E-state index contributed by atoms with van der Waals surface area (Å²) in [7, 11) is 0.884. The van der Waals surface area contributed by atoms with Crippen molar-refractivity contribution in [1.82, 2.24) is 5.32 Å². The number of amides is 1. The van der Waals surface area contributed by atoms with E-state index in [9.17, 15) is 4.79 Å². The van der Waals surface area contributed by atoms with E-state index >= 15 is 0 Å². The summed E-state index contributed by atoms with van der Waals surface area (Å²) in [6.07, 6.45) is 0.477. The second-order valence-electron chi connectivity index (χ2n) is 8.35. The van der Waals surface area contributed by atoms with Gasteiger partial charge in [0.25, 0.3) is 0 Å². The summed E-state index contributed by atoms with van der Waals surface area (Å²) in [5.41, 5.74) is 5.79. The molecular weight excluding hydrogens is 394 g/mol. The average molecular weight is 427 g/mol. The zero-order chi connectivity index (χ0) is 21.8. The largest absolute Gasteiger partial charge is 0.493 e. The van der Waals surface area contributed by atoms with E-state index in [1.165, 1.54) is 7.11 Å². The Bertz CT molecular complexity index is 700. The fourth-order valence-corrected chi connectivity index (χ4v) is 3.17. The Morgan fingerprint density at radius 1 is 1.28 bits per heavy atom. The van der Waals surface area contributed by atoms with Gasteiger partial charge in [-0.3, -0.25) is 4.79 Å². The van der Waals surface area contributed by atoms with Crippen molar-refractivity contribution in [2.45, 2.75) is 64.2 Å². The molecule has 3 N–H and O–H groups in total. The maximum Gasteiger partial charge on any atom is 0.481 e. The topological polar surface area (TPSA) is 92.0 Å². The minimum atomic E-state index is -0.774. The van der Waals surface area contributed by atoms with Gasteiger partial charge in [0.15, 0.2) is 0 Å². The quantitative estimate of drug-likeness (QED) is 0.590. The van der Waals surface area contributed by atoms with Gasteiger partial charge in [-0.05, 0) is 58.4 Å². The van der Waals surface area contributed by atoms with Crippen LogP contribution in [0.15, 0.2) is 18.2 Å². The first-order chi connectivity index (χ1) is 13.5. The molecule has 1 fully saturated rings. The van der Waals surface area contributed by atoms with Crippen LogP contribution in [0.2, 0.25) is 5.02 Å². The van der Waals surface area contributed by atoms with Crippen molar-refractivity contribution in [1.29, 1.82) is 0 Å². The lowest BCUT2D eigenvalue weighted by Gasteiger charge is -2.32. The van der Waals surface area contributed by atoms with Crippen molar-refractivity contribution >= 4 is 24.6 Å². The Morgan fingerprint density at radius 2 is 1.90 bits per heavy atom. The number of nitrogens with two attached hydrogens (primary N) is 1. The normalized spacial score (nSPS) is 19.7. The molecule has 1 aliphatic heterocycles. The van der Waals surface area contributed by atoms with Gasteiger partial charge in [0.1, 0.15) is 11.8 Å². The van der Waals surface area contributed by atoms with Crippen LogP contribution in [-0.4, -0.2) is 56.5 Å². The summed E-state index contributed by atoms with van der Waals surface area (Å²) < 4.78 is 23.1. The van der Waals surface area contributed by atoms with E-state index in [2.05, 4.69) is 5.32 Å². The molecule has 1 aliphatic rings. The highest BCUT2D eigenvalue weighted by molar-refractivity contribution is 6.48. The number of carbonyl (C=O) groups is 1. The van der Waals surface area contributed by atoms with E-state index in [1.54, 1.807) is 6.07 Å². The zero-order valence-electron chi connectivity index (χ0n) is 18.1. The van der Waals surface area contributed by atoms with E-state index in [4.69, 9.17) is 36.1 Å². The SMILES string of the molecule is COC[C@@H](N)C(=O)N[C@@H](CCOc1ccc(Cl)cc1C)B1OC(C)(C)C(C)(C)O1. The average Bonchev–Trinajstić information content (AvgIpc) is 2.83. The molecule has 0 radical (unpaired) electrons. The first kappa shape index (κ1) is 24.0. The van der Waals surface area contributed by atoms with Crippen molar-refractivity contribution in [2.24, 2.45) is 5.73 Å². The number of rotatable bonds is 9. The first-order valence-corrected chi connectivity index (χ1v) is 10.1. The zero-order valence-corrected chi connectivity index (χ0v) is 18.8. The lowest BCUT2D eigenvalue weighted by atomic mass is 9.76. The van der Waals surface area contributed by atoms with Crippen LogP contribution in [0, 0.1) is 6.92 Å². The Morgan fingerprint density at radius 3 is 2.45 bits per heavy atom. The van der Waals surface area contributed by atoms with Gasteiger partial charge >= 0.3 is 7.12 Å². The number of hydrogen-bond donors (Lipinski definition) is 2. The molecule has 29 heavy (non-hydrogen) atoms. The van der Waals surface area contributed by atoms with Gasteiger partial charge in [0.2, 0.25) is 5.91 Å². The summed E-state index contributed by atoms with van der Waals surface area (Å²) in [5, 5.41) is 3.59. The second-order valence-corrected chi connectivity index (χ2v) is 8.79. The number of hydrogen-bond acceptors (Lipinski definition) is 6. The van der Waals surface area contributed by atoms with Crippen molar-refractivity contribution in [3.63, 3.8) is 0 Å². The van der Waals surface area contributed by atoms with E-state index < -0.39 is 30.3 Å². The molecular formula is C20H32BClN2O5. The van der Waals surface area contributed by atoms with Gasteiger partial charge in [0, 0.05) is 18.6 Å². The summed E-state index contributed by atoms with van der Waals surface area (Å²) in [6, 6.07) is 4.67. The van der Waals surface area contributed by atoms with Crippen molar-refractivity contribution in [2.75, 3.05) is 20.3 Å². The Kier molecular flexibility index (Phi) is 7.98. The molecule has 0 unspecified atom stereocenters. The van der Waals surface area contributed by atoms with Crippen LogP contribution in [0.1, 0.15) is 39.7 Å². The van der Waals surface area contributed by atoms with Crippen LogP contribution in [0.4, 0.5) is 0 Å². The molecule has 0 spiro atoms. The third-order valence-corrected chi connectivity index (χ3v) is 5.67. The van der Waals surface area contributed by atoms with Crippen molar-refractivity contribution < 1.29 is 23.6 Å². The Balaban J connectivity index is 2.07. The molecule has 9 heteroatoms. The minimum Gasteiger partial charge on any atom is -0.493 e. The smallest absolute Gasteiger partial charge is 0.481 e. The fourth-order valence-electron chi connectivity index (χ4n) is 2.94. The van der Waals surface area contributed by atoms with Crippen LogP contribution < -0.4 is 15.8 Å².